The fourth-order valence-corrected chi connectivity index (χ4v) is 5.17. The number of hydrogen-bond acceptors (Lipinski definition) is 6. The molecule has 2 aromatic rings. The number of carboxylic acids is 1. The SMILES string of the molecule is O=C(O)CCC(=O)Nc1ccc(N2CCN(CCCCOc3ccc4c(c3)NCCC4)CC2)c(Cl)c1Cl. The molecule has 0 atom stereocenters. The maximum atomic E-state index is 12.0. The number of unbranched alkanes of at least 4 members (excludes halogenated alkanes) is 1. The van der Waals surface area contributed by atoms with Crippen LogP contribution in [-0.2, 0) is 16.0 Å². The van der Waals surface area contributed by atoms with Crippen LogP contribution < -0.4 is 20.3 Å². The van der Waals surface area contributed by atoms with Crippen molar-refractivity contribution in [1.82, 2.24) is 4.90 Å². The van der Waals surface area contributed by atoms with Gasteiger partial charge >= 0.3 is 5.97 Å². The van der Waals surface area contributed by atoms with Gasteiger partial charge in [0.25, 0.3) is 0 Å². The highest BCUT2D eigenvalue weighted by molar-refractivity contribution is 6.45. The number of carboxylic acid groups (broad SMARTS) is 1. The molecule has 0 unspecified atom stereocenters. The third kappa shape index (κ3) is 7.66. The summed E-state index contributed by atoms with van der Waals surface area (Å²) in [4.78, 5) is 27.3. The first kappa shape index (κ1) is 27.4. The summed E-state index contributed by atoms with van der Waals surface area (Å²) in [6.07, 6.45) is 4.04. The number of aryl methyl sites for hydroxylation is 1. The zero-order valence-electron chi connectivity index (χ0n) is 20.9. The van der Waals surface area contributed by atoms with Crippen molar-refractivity contribution >= 4 is 52.1 Å². The molecule has 8 nitrogen and oxygen atoms in total. The lowest BCUT2D eigenvalue weighted by molar-refractivity contribution is -0.138. The predicted molar refractivity (Wildman–Crippen MR) is 149 cm³/mol. The summed E-state index contributed by atoms with van der Waals surface area (Å²) in [7, 11) is 0. The van der Waals surface area contributed by atoms with Crippen LogP contribution in [0.25, 0.3) is 0 Å². The third-order valence-corrected chi connectivity index (χ3v) is 7.64. The average Bonchev–Trinajstić information content (AvgIpc) is 2.90. The van der Waals surface area contributed by atoms with Crippen molar-refractivity contribution in [3.8, 4) is 5.75 Å². The number of ether oxygens (including phenoxy) is 1. The fraction of sp³-hybridized carbons (Fsp3) is 0.481. The van der Waals surface area contributed by atoms with Crippen LogP contribution in [0.5, 0.6) is 5.75 Å². The molecule has 2 heterocycles. The molecular weight excluding hydrogens is 515 g/mol. The van der Waals surface area contributed by atoms with E-state index in [2.05, 4.69) is 38.6 Å². The number of fused-ring (bicyclic) bond motifs is 1. The van der Waals surface area contributed by atoms with Gasteiger partial charge in [-0.2, -0.15) is 0 Å². The second kappa shape index (κ2) is 13.2. The number of halogens is 2. The van der Waals surface area contributed by atoms with E-state index in [9.17, 15) is 9.59 Å². The van der Waals surface area contributed by atoms with Gasteiger partial charge in [-0.15, -0.1) is 0 Å². The van der Waals surface area contributed by atoms with E-state index in [0.717, 1.165) is 70.0 Å². The van der Waals surface area contributed by atoms with Gasteiger partial charge in [-0.3, -0.25) is 14.5 Å². The summed E-state index contributed by atoms with van der Waals surface area (Å²) in [5.41, 5.74) is 3.80. The van der Waals surface area contributed by atoms with Crippen LogP contribution in [0.3, 0.4) is 0 Å². The third-order valence-electron chi connectivity index (χ3n) is 6.77. The number of nitrogens with zero attached hydrogens (tertiary/aromatic N) is 2. The van der Waals surface area contributed by atoms with Crippen molar-refractivity contribution in [2.75, 3.05) is 61.4 Å². The second-order valence-electron chi connectivity index (χ2n) is 9.44. The molecule has 1 amide bonds. The van der Waals surface area contributed by atoms with Crippen LogP contribution in [0.4, 0.5) is 17.1 Å². The van der Waals surface area contributed by atoms with Crippen molar-refractivity contribution in [2.24, 2.45) is 0 Å². The van der Waals surface area contributed by atoms with E-state index in [1.807, 2.05) is 6.07 Å². The zero-order valence-corrected chi connectivity index (χ0v) is 22.4. The zero-order chi connectivity index (χ0) is 26.2. The summed E-state index contributed by atoms with van der Waals surface area (Å²) in [6, 6.07) is 9.92. The Labute approximate surface area is 227 Å². The first-order chi connectivity index (χ1) is 17.9. The number of benzene rings is 2. The Morgan fingerprint density at radius 1 is 1.03 bits per heavy atom. The molecule has 3 N–H and O–H groups in total. The Hall–Kier alpha value is -2.68. The Bertz CT molecular complexity index is 1110. The van der Waals surface area contributed by atoms with Crippen molar-refractivity contribution in [3.63, 3.8) is 0 Å². The lowest BCUT2D eigenvalue weighted by Crippen LogP contribution is -2.46. The number of aliphatic carboxylic acids is 1. The van der Waals surface area contributed by atoms with Crippen molar-refractivity contribution in [2.45, 2.75) is 38.5 Å². The molecule has 0 bridgehead atoms. The largest absolute Gasteiger partial charge is 0.494 e. The first-order valence-corrected chi connectivity index (χ1v) is 13.6. The molecular formula is C27H34Cl2N4O4. The molecule has 200 valence electrons. The van der Waals surface area contributed by atoms with Crippen molar-refractivity contribution in [3.05, 3.63) is 45.9 Å². The smallest absolute Gasteiger partial charge is 0.303 e. The second-order valence-corrected chi connectivity index (χ2v) is 10.2. The van der Waals surface area contributed by atoms with Crippen LogP contribution in [0.1, 0.15) is 37.7 Å². The van der Waals surface area contributed by atoms with Gasteiger partial charge in [0.15, 0.2) is 0 Å². The maximum Gasteiger partial charge on any atom is 0.303 e. The molecule has 2 aliphatic heterocycles. The van der Waals surface area contributed by atoms with Crippen LogP contribution in [0.15, 0.2) is 30.3 Å². The van der Waals surface area contributed by atoms with Gasteiger partial charge in [0.05, 0.1) is 34.4 Å². The molecule has 0 aliphatic carbocycles. The highest BCUT2D eigenvalue weighted by Gasteiger charge is 2.21. The van der Waals surface area contributed by atoms with Gasteiger partial charge in [-0.05, 0) is 56.0 Å². The summed E-state index contributed by atoms with van der Waals surface area (Å²) in [6.45, 7) is 6.30. The van der Waals surface area contributed by atoms with Crippen molar-refractivity contribution < 1.29 is 19.4 Å². The molecule has 0 spiro atoms. The van der Waals surface area contributed by atoms with Crippen molar-refractivity contribution in [1.29, 1.82) is 0 Å². The Morgan fingerprint density at radius 3 is 2.62 bits per heavy atom. The van der Waals surface area contributed by atoms with E-state index in [-0.39, 0.29) is 17.9 Å². The Balaban J connectivity index is 1.17. The number of carbonyl (C=O) groups is 2. The van der Waals surface area contributed by atoms with E-state index in [4.69, 9.17) is 33.0 Å². The summed E-state index contributed by atoms with van der Waals surface area (Å²) in [5, 5.41) is 15.5. The molecule has 2 aliphatic rings. The monoisotopic (exact) mass is 548 g/mol. The number of amides is 1. The maximum absolute atomic E-state index is 12.0. The predicted octanol–water partition coefficient (Wildman–Crippen LogP) is 5.14. The van der Waals surface area contributed by atoms with Crippen LogP contribution in [-0.4, -0.2) is 67.8 Å². The molecule has 37 heavy (non-hydrogen) atoms. The van der Waals surface area contributed by atoms with E-state index in [1.54, 1.807) is 6.07 Å². The number of carbonyl (C=O) groups excluding carboxylic acids is 1. The molecule has 10 heteroatoms. The lowest BCUT2D eigenvalue weighted by atomic mass is 10.0. The molecule has 1 saturated heterocycles. The highest BCUT2D eigenvalue weighted by atomic mass is 35.5. The van der Waals surface area contributed by atoms with Crippen LogP contribution in [0, 0.1) is 0 Å². The topological polar surface area (TPSA) is 94.1 Å². The molecule has 0 radical (unpaired) electrons. The molecule has 0 saturated carbocycles. The van der Waals surface area contributed by atoms with E-state index in [1.165, 1.54) is 17.7 Å². The minimum atomic E-state index is -1.02. The average molecular weight is 549 g/mol. The summed E-state index contributed by atoms with van der Waals surface area (Å²) in [5.74, 6) is -0.500. The molecule has 0 aromatic heterocycles. The van der Waals surface area contributed by atoms with Crippen LogP contribution in [0.2, 0.25) is 10.0 Å². The van der Waals surface area contributed by atoms with E-state index in [0.29, 0.717) is 17.3 Å². The molecule has 1 fully saturated rings. The van der Waals surface area contributed by atoms with Gasteiger partial charge in [0.1, 0.15) is 5.75 Å². The molecule has 4 rings (SSSR count). The van der Waals surface area contributed by atoms with Gasteiger partial charge in [-0.1, -0.05) is 29.3 Å². The van der Waals surface area contributed by atoms with Gasteiger partial charge in [0.2, 0.25) is 5.91 Å². The normalized spacial score (nSPS) is 15.6. The Morgan fingerprint density at radius 2 is 1.84 bits per heavy atom. The Kier molecular flexibility index (Phi) is 9.77. The highest BCUT2D eigenvalue weighted by Crippen LogP contribution is 2.38. The van der Waals surface area contributed by atoms with Gasteiger partial charge in [-0.25, -0.2) is 0 Å². The summed E-state index contributed by atoms with van der Waals surface area (Å²) >= 11 is 13.0. The van der Waals surface area contributed by atoms with E-state index < -0.39 is 11.9 Å². The lowest BCUT2D eigenvalue weighted by Gasteiger charge is -2.36. The minimum absolute atomic E-state index is 0.120. The number of piperazine rings is 1. The fourth-order valence-electron chi connectivity index (χ4n) is 4.68. The number of rotatable bonds is 11. The van der Waals surface area contributed by atoms with Gasteiger partial charge in [0, 0.05) is 50.9 Å². The standard InChI is InChI=1S/C27H34Cl2N4O4/c28-26-21(31-24(34)9-10-25(35)36)7-8-23(27(26)29)33-15-13-32(14-16-33)12-1-2-17-37-20-6-5-19-4-3-11-30-22(19)18-20/h5-8,18,30H,1-4,9-17H2,(H,31,34)(H,35,36). The number of nitrogens with one attached hydrogen (secondary N) is 2. The van der Waals surface area contributed by atoms with Gasteiger partial charge < -0.3 is 25.4 Å². The summed E-state index contributed by atoms with van der Waals surface area (Å²) < 4.78 is 5.97. The van der Waals surface area contributed by atoms with Crippen LogP contribution >= 0.6 is 23.2 Å². The minimum Gasteiger partial charge on any atom is -0.494 e. The number of anilines is 3. The van der Waals surface area contributed by atoms with E-state index >= 15 is 0 Å². The molecule has 2 aromatic carbocycles. The quantitative estimate of drug-likeness (QED) is 0.335. The number of hydrogen-bond donors (Lipinski definition) is 3. The first-order valence-electron chi connectivity index (χ1n) is 12.9.